The third-order valence-electron chi connectivity index (χ3n) is 8.19. The molecule has 0 spiro atoms. The molecule has 0 N–H and O–H groups in total. The summed E-state index contributed by atoms with van der Waals surface area (Å²) in [4.78, 5) is 54.0. The van der Waals surface area contributed by atoms with Gasteiger partial charge in [-0.05, 0) is 79.2 Å². The molecule has 4 aromatic carbocycles. The van der Waals surface area contributed by atoms with Gasteiger partial charge in [0.05, 0.1) is 72.0 Å². The molecule has 0 aliphatic rings. The molecule has 2 unspecified atom stereocenters. The van der Waals surface area contributed by atoms with E-state index >= 15 is 0 Å². The second-order valence-electron chi connectivity index (χ2n) is 11.5. The highest BCUT2D eigenvalue weighted by Gasteiger charge is 2.34. The summed E-state index contributed by atoms with van der Waals surface area (Å²) in [5.41, 5.74) is 1.01. The van der Waals surface area contributed by atoms with Crippen molar-refractivity contribution in [2.45, 2.75) is 19.1 Å². The van der Waals surface area contributed by atoms with Gasteiger partial charge in [0.15, 0.2) is 46.7 Å². The zero-order chi connectivity index (χ0) is 40.1. The summed E-state index contributed by atoms with van der Waals surface area (Å²) in [6.07, 6.45) is -3.09. The Morgan fingerprint density at radius 1 is 0.400 bits per heavy atom. The van der Waals surface area contributed by atoms with Crippen LogP contribution in [-0.2, 0) is 18.9 Å². The molecule has 4 rings (SSSR count). The lowest BCUT2D eigenvalue weighted by molar-refractivity contribution is -0.0753. The minimum atomic E-state index is -1.55. The van der Waals surface area contributed by atoms with E-state index in [-0.39, 0.29) is 39.5 Å². The summed E-state index contributed by atoms with van der Waals surface area (Å²) >= 11 is 0. The number of ether oxygens (including phenoxy) is 11. The molecule has 2 atom stereocenters. The Bertz CT molecular complexity index is 1990. The van der Waals surface area contributed by atoms with Gasteiger partial charge >= 0.3 is 23.9 Å². The minimum Gasteiger partial charge on any atom is -0.496 e. The van der Waals surface area contributed by atoms with Gasteiger partial charge in [0.1, 0.15) is 19.0 Å². The van der Waals surface area contributed by atoms with Gasteiger partial charge in [0, 0.05) is 0 Å². The SMILES string of the molecule is COc1cc(C(=O)OCC(OC(=O)c2ccc(OC)c(OC)c2)C(COC(=O)c2ccc(OC)c(OC)c2)OC(=O)c2ccc(OC)c(OC)c2)ccc1C. The second-order valence-corrected chi connectivity index (χ2v) is 11.5. The molecule has 0 saturated carbocycles. The van der Waals surface area contributed by atoms with Crippen LogP contribution in [0.3, 0.4) is 0 Å². The van der Waals surface area contributed by atoms with Crippen molar-refractivity contribution in [3.63, 3.8) is 0 Å². The van der Waals surface area contributed by atoms with Gasteiger partial charge in [-0.3, -0.25) is 0 Å². The number of hydrogen-bond donors (Lipinski definition) is 0. The smallest absolute Gasteiger partial charge is 0.338 e. The molecule has 0 aliphatic heterocycles. The molecule has 0 bridgehead atoms. The number of hydrogen-bond acceptors (Lipinski definition) is 15. The van der Waals surface area contributed by atoms with E-state index in [1.165, 1.54) is 116 Å². The Kier molecular flexibility index (Phi) is 14.5. The maximum Gasteiger partial charge on any atom is 0.338 e. The van der Waals surface area contributed by atoms with E-state index in [1.54, 1.807) is 13.0 Å². The quantitative estimate of drug-likeness (QED) is 0.0917. The van der Waals surface area contributed by atoms with Gasteiger partial charge < -0.3 is 52.1 Å². The van der Waals surface area contributed by atoms with E-state index < -0.39 is 49.3 Å². The zero-order valence-corrected chi connectivity index (χ0v) is 31.6. The van der Waals surface area contributed by atoms with Crippen LogP contribution >= 0.6 is 0 Å². The largest absolute Gasteiger partial charge is 0.496 e. The summed E-state index contributed by atoms with van der Waals surface area (Å²) < 4.78 is 60.1. The van der Waals surface area contributed by atoms with Crippen LogP contribution in [0.1, 0.15) is 47.0 Å². The Hall–Kier alpha value is -6.64. The van der Waals surface area contributed by atoms with Gasteiger partial charge in [-0.2, -0.15) is 0 Å². The van der Waals surface area contributed by atoms with Crippen molar-refractivity contribution < 1.29 is 71.3 Å². The van der Waals surface area contributed by atoms with Crippen molar-refractivity contribution in [2.75, 3.05) is 63.0 Å². The van der Waals surface area contributed by atoms with E-state index in [9.17, 15) is 19.2 Å². The van der Waals surface area contributed by atoms with E-state index in [4.69, 9.17) is 52.1 Å². The fourth-order valence-electron chi connectivity index (χ4n) is 5.16. The van der Waals surface area contributed by atoms with Crippen LogP contribution in [0.2, 0.25) is 0 Å². The summed E-state index contributed by atoms with van der Waals surface area (Å²) in [5.74, 6) is -1.27. The van der Waals surface area contributed by atoms with Crippen LogP contribution in [0.25, 0.3) is 0 Å². The molecule has 0 saturated heterocycles. The van der Waals surface area contributed by atoms with Crippen LogP contribution in [-0.4, -0.2) is 99.1 Å². The predicted octanol–water partition coefficient (Wildman–Crippen LogP) is 5.52. The number of carbonyl (C=O) groups is 4. The third kappa shape index (κ3) is 10.3. The Morgan fingerprint density at radius 2 is 0.691 bits per heavy atom. The highest BCUT2D eigenvalue weighted by molar-refractivity contribution is 5.92. The van der Waals surface area contributed by atoms with Crippen LogP contribution in [0.5, 0.6) is 40.2 Å². The van der Waals surface area contributed by atoms with Crippen molar-refractivity contribution in [2.24, 2.45) is 0 Å². The highest BCUT2D eigenvalue weighted by atomic mass is 16.6. The van der Waals surface area contributed by atoms with Gasteiger partial charge in [-0.1, -0.05) is 6.07 Å². The van der Waals surface area contributed by atoms with Crippen molar-refractivity contribution in [3.8, 4) is 40.2 Å². The first-order valence-corrected chi connectivity index (χ1v) is 16.6. The number of benzene rings is 4. The first-order chi connectivity index (χ1) is 26.5. The standard InChI is InChI=1S/C40H42O15/c1-23-9-10-24(17-31(23)48-5)37(41)52-21-35(54-39(43)26-12-15-29(46-3)33(19-26)50-7)36(55-40(44)27-13-16-30(47-4)34(20-27)51-8)22-53-38(42)25-11-14-28(45-2)32(18-25)49-6/h9-20,35-36H,21-22H2,1-8H3. The molecule has 15 nitrogen and oxygen atoms in total. The molecular weight excluding hydrogens is 720 g/mol. The Balaban J connectivity index is 1.72. The van der Waals surface area contributed by atoms with Crippen molar-refractivity contribution in [1.82, 2.24) is 0 Å². The lowest BCUT2D eigenvalue weighted by atomic mass is 10.1. The number of aryl methyl sites for hydroxylation is 1. The van der Waals surface area contributed by atoms with Crippen molar-refractivity contribution >= 4 is 23.9 Å². The minimum absolute atomic E-state index is 0.0163. The van der Waals surface area contributed by atoms with Crippen LogP contribution in [0, 0.1) is 6.92 Å². The molecule has 0 radical (unpaired) electrons. The third-order valence-corrected chi connectivity index (χ3v) is 8.19. The molecule has 55 heavy (non-hydrogen) atoms. The molecule has 4 aromatic rings. The number of esters is 4. The second kappa shape index (κ2) is 19.4. The molecule has 15 heteroatoms. The van der Waals surface area contributed by atoms with Gasteiger partial charge in [-0.15, -0.1) is 0 Å². The van der Waals surface area contributed by atoms with Crippen LogP contribution in [0.15, 0.2) is 72.8 Å². The molecular formula is C40H42O15. The van der Waals surface area contributed by atoms with Crippen molar-refractivity contribution in [1.29, 1.82) is 0 Å². The maximum atomic E-state index is 13.7. The summed E-state index contributed by atoms with van der Waals surface area (Å²) in [6.45, 7) is 0.496. The molecule has 0 aromatic heterocycles. The molecule has 0 amide bonds. The number of rotatable bonds is 18. The monoisotopic (exact) mass is 762 g/mol. The van der Waals surface area contributed by atoms with E-state index in [0.29, 0.717) is 23.0 Å². The normalized spacial score (nSPS) is 11.6. The molecule has 0 fully saturated rings. The van der Waals surface area contributed by atoms with E-state index in [1.807, 2.05) is 0 Å². The van der Waals surface area contributed by atoms with Gasteiger partial charge in [0.25, 0.3) is 0 Å². The fourth-order valence-corrected chi connectivity index (χ4v) is 5.16. The van der Waals surface area contributed by atoms with E-state index in [0.717, 1.165) is 5.56 Å². The first kappa shape index (κ1) is 41.1. The number of methoxy groups -OCH3 is 7. The van der Waals surface area contributed by atoms with Crippen molar-refractivity contribution in [3.05, 3.63) is 101 Å². The lowest BCUT2D eigenvalue weighted by Gasteiger charge is -2.27. The predicted molar refractivity (Wildman–Crippen MR) is 195 cm³/mol. The summed E-state index contributed by atoms with van der Waals surface area (Å²) in [5, 5.41) is 0. The lowest BCUT2D eigenvalue weighted by Crippen LogP contribution is -2.42. The first-order valence-electron chi connectivity index (χ1n) is 16.6. The maximum absolute atomic E-state index is 13.7. The summed E-state index contributed by atoms with van der Waals surface area (Å²) in [7, 11) is 9.97. The zero-order valence-electron chi connectivity index (χ0n) is 31.6. The summed E-state index contributed by atoms with van der Waals surface area (Å²) in [6, 6.07) is 17.6. The molecule has 292 valence electrons. The Morgan fingerprint density at radius 3 is 1.02 bits per heavy atom. The molecule has 0 heterocycles. The topological polar surface area (TPSA) is 170 Å². The Labute approximate surface area is 317 Å². The van der Waals surface area contributed by atoms with Crippen LogP contribution < -0.4 is 33.2 Å². The van der Waals surface area contributed by atoms with Gasteiger partial charge in [-0.25, -0.2) is 19.2 Å². The fraction of sp³-hybridized carbons (Fsp3) is 0.300. The van der Waals surface area contributed by atoms with E-state index in [2.05, 4.69) is 0 Å². The molecule has 0 aliphatic carbocycles. The van der Waals surface area contributed by atoms with Crippen LogP contribution in [0.4, 0.5) is 0 Å². The average molecular weight is 763 g/mol. The average Bonchev–Trinajstić information content (AvgIpc) is 3.22. The van der Waals surface area contributed by atoms with Gasteiger partial charge in [0.2, 0.25) is 0 Å². The highest BCUT2D eigenvalue weighted by Crippen LogP contribution is 2.31. The number of carbonyl (C=O) groups excluding carboxylic acids is 4.